The molecule has 0 bridgehead atoms. The monoisotopic (exact) mass is 1000 g/mol. The molecule has 0 aliphatic rings. The first-order valence-corrected chi connectivity index (χ1v) is 30.2. The van der Waals surface area contributed by atoms with E-state index in [-0.39, 0.29) is 0 Å². The molecule has 0 saturated heterocycles. The first-order chi connectivity index (χ1) is 37.7. The number of para-hydroxylation sites is 6. The average Bonchev–Trinajstić information content (AvgIpc) is 4.50. The van der Waals surface area contributed by atoms with Crippen LogP contribution in [0.5, 0.6) is 0 Å². The van der Waals surface area contributed by atoms with Crippen molar-refractivity contribution < 1.29 is 8.83 Å². The average molecular weight is 1010 g/mol. The number of hydrogen-bond acceptors (Lipinski definition) is 4. The van der Waals surface area contributed by atoms with Crippen molar-refractivity contribution in [3.63, 3.8) is 0 Å². The summed E-state index contributed by atoms with van der Waals surface area (Å²) in [7, 11) is -1.54. The number of nitrogens with zero attached hydrogens (tertiary/aromatic N) is 4. The van der Waals surface area contributed by atoms with Crippen molar-refractivity contribution in [1.29, 1.82) is 0 Å². The Kier molecular flexibility index (Phi) is 8.49. The zero-order valence-electron chi connectivity index (χ0n) is 42.9. The van der Waals surface area contributed by atoms with Crippen LogP contribution in [0.1, 0.15) is 5.56 Å². The van der Waals surface area contributed by atoms with Crippen LogP contribution < -0.4 is 15.0 Å². The van der Waals surface area contributed by atoms with Crippen LogP contribution in [0, 0.1) is 6.92 Å². The third kappa shape index (κ3) is 5.89. The maximum atomic E-state index is 6.74. The predicted octanol–water partition coefficient (Wildman–Crippen LogP) is 19.6. The number of anilines is 6. The molecule has 0 saturated carbocycles. The standard InChI is InChI=1S/C70H48N4O2Si/c1-41-25-27-42(28-26-41)71(61-21-11-19-53-47-13-5-7-23-65(47)75-69(53)61)44-31-35-59-55(37-44)49-15-9-17-51-57-40-64-58(39-63(57)73(59)67(49)51)52-18-10-16-50-56-38-45(32-36-60(56)74(64)68(50)52)72(43-29-33-46(34-30-43)77(2,3)4)62-22-12-20-54-48-14-6-8-24-66(48)76-70(54)62/h5-40H,1-4H3. The molecule has 0 amide bonds. The lowest BCUT2D eigenvalue weighted by molar-refractivity contribution is 0.668. The van der Waals surface area contributed by atoms with E-state index < -0.39 is 8.07 Å². The highest BCUT2D eigenvalue weighted by Crippen LogP contribution is 2.49. The fourth-order valence-corrected chi connectivity index (χ4v) is 14.3. The van der Waals surface area contributed by atoms with Gasteiger partial charge in [0.2, 0.25) is 0 Å². The van der Waals surface area contributed by atoms with Crippen molar-refractivity contribution in [2.24, 2.45) is 0 Å². The van der Waals surface area contributed by atoms with Gasteiger partial charge in [0.15, 0.2) is 11.2 Å². The predicted molar refractivity (Wildman–Crippen MR) is 327 cm³/mol. The summed E-state index contributed by atoms with van der Waals surface area (Å²) < 4.78 is 18.5. The minimum absolute atomic E-state index is 0.874. The molecule has 0 fully saturated rings. The molecular formula is C70H48N4O2Si. The van der Waals surface area contributed by atoms with Crippen LogP contribution in [0.3, 0.4) is 0 Å². The Morgan fingerprint density at radius 2 is 0.701 bits per heavy atom. The first kappa shape index (κ1) is 42.8. The molecule has 6 heterocycles. The summed E-state index contributed by atoms with van der Waals surface area (Å²) in [6, 6.07) is 80.4. The molecule has 11 aromatic carbocycles. The molecule has 0 spiro atoms. The smallest absolute Gasteiger partial charge is 0.159 e. The molecule has 0 aliphatic heterocycles. The third-order valence-electron chi connectivity index (χ3n) is 16.8. The van der Waals surface area contributed by atoms with Crippen LogP contribution >= 0.6 is 0 Å². The number of rotatable bonds is 7. The summed E-state index contributed by atoms with van der Waals surface area (Å²) in [5.41, 5.74) is 18.4. The molecule has 364 valence electrons. The van der Waals surface area contributed by atoms with Gasteiger partial charge in [-0.1, -0.05) is 152 Å². The fourth-order valence-electron chi connectivity index (χ4n) is 13.2. The second kappa shape index (κ2) is 15.3. The summed E-state index contributed by atoms with van der Waals surface area (Å²) in [5.74, 6) is 0. The van der Waals surface area contributed by atoms with Crippen molar-refractivity contribution in [1.82, 2.24) is 8.80 Å². The Bertz CT molecular complexity index is 5280. The van der Waals surface area contributed by atoms with Gasteiger partial charge in [-0.15, -0.1) is 0 Å². The van der Waals surface area contributed by atoms with Crippen LogP contribution in [0.15, 0.2) is 227 Å². The number of aryl methyl sites for hydroxylation is 1. The molecule has 7 heteroatoms. The molecule has 0 unspecified atom stereocenters. The normalized spacial score (nSPS) is 12.7. The summed E-state index contributed by atoms with van der Waals surface area (Å²) in [6.45, 7) is 9.37. The highest BCUT2D eigenvalue weighted by atomic mass is 28.3. The van der Waals surface area contributed by atoms with E-state index in [1.54, 1.807) is 0 Å². The van der Waals surface area contributed by atoms with E-state index >= 15 is 0 Å². The van der Waals surface area contributed by atoms with Crippen LogP contribution in [0.25, 0.3) is 120 Å². The molecule has 0 radical (unpaired) electrons. The molecule has 0 atom stereocenters. The topological polar surface area (TPSA) is 41.6 Å². The molecule has 0 aliphatic carbocycles. The van der Waals surface area contributed by atoms with Gasteiger partial charge < -0.3 is 27.4 Å². The molecule has 77 heavy (non-hydrogen) atoms. The zero-order valence-corrected chi connectivity index (χ0v) is 43.9. The first-order valence-electron chi connectivity index (χ1n) is 26.7. The Labute approximate surface area is 443 Å². The Morgan fingerprint density at radius 3 is 1.16 bits per heavy atom. The summed E-state index contributed by atoms with van der Waals surface area (Å²) in [6.07, 6.45) is 0. The quantitative estimate of drug-likeness (QED) is 0.149. The van der Waals surface area contributed by atoms with Gasteiger partial charge in [-0.3, -0.25) is 0 Å². The summed E-state index contributed by atoms with van der Waals surface area (Å²) in [5, 5.41) is 15.8. The molecule has 0 N–H and O–H groups in total. The summed E-state index contributed by atoms with van der Waals surface area (Å²) in [4.78, 5) is 4.75. The Morgan fingerprint density at radius 1 is 0.325 bits per heavy atom. The van der Waals surface area contributed by atoms with E-state index in [1.807, 2.05) is 12.1 Å². The Hall–Kier alpha value is -9.56. The molecular weight excluding hydrogens is 957 g/mol. The van der Waals surface area contributed by atoms with Crippen LogP contribution in [0.4, 0.5) is 34.1 Å². The van der Waals surface area contributed by atoms with E-state index in [0.717, 1.165) is 78.0 Å². The van der Waals surface area contributed by atoms with E-state index in [0.29, 0.717) is 0 Å². The van der Waals surface area contributed by atoms with Crippen LogP contribution in [0.2, 0.25) is 19.6 Å². The van der Waals surface area contributed by atoms with Crippen molar-refractivity contribution in [3.8, 4) is 0 Å². The van der Waals surface area contributed by atoms with Gasteiger partial charge in [0.05, 0.1) is 52.5 Å². The van der Waals surface area contributed by atoms with Gasteiger partial charge >= 0.3 is 0 Å². The largest absolute Gasteiger partial charge is 0.454 e. The van der Waals surface area contributed by atoms with Gasteiger partial charge in [-0.2, -0.15) is 0 Å². The van der Waals surface area contributed by atoms with Gasteiger partial charge in [0.1, 0.15) is 11.2 Å². The minimum Gasteiger partial charge on any atom is -0.454 e. The Balaban J connectivity index is 0.854. The summed E-state index contributed by atoms with van der Waals surface area (Å²) >= 11 is 0. The van der Waals surface area contributed by atoms with Gasteiger partial charge in [0.25, 0.3) is 0 Å². The zero-order chi connectivity index (χ0) is 51.0. The molecule has 6 aromatic heterocycles. The number of aromatic nitrogens is 2. The van der Waals surface area contributed by atoms with E-state index in [2.05, 4.69) is 251 Å². The van der Waals surface area contributed by atoms with Crippen LogP contribution in [-0.2, 0) is 0 Å². The van der Waals surface area contributed by atoms with E-state index in [1.165, 1.54) is 86.9 Å². The fraction of sp³-hybridized carbons (Fsp3) is 0.0571. The highest BCUT2D eigenvalue weighted by molar-refractivity contribution is 6.88. The number of fused-ring (bicyclic) bond motifs is 18. The molecule has 6 nitrogen and oxygen atoms in total. The molecule has 17 aromatic rings. The van der Waals surface area contributed by atoms with Crippen molar-refractivity contribution in [3.05, 3.63) is 224 Å². The third-order valence-corrected chi connectivity index (χ3v) is 18.8. The second-order valence-corrected chi connectivity index (χ2v) is 27.2. The molecule has 17 rings (SSSR count). The SMILES string of the molecule is Cc1ccc(N(c2ccc3c(c2)c2cccc4c5cc6c(cc5n3c24)c2cccc3c4cc(N(c5ccc([Si](C)(C)C)cc5)c5cccc7c5oc5ccccc57)ccc4n6c32)c2cccc3c2oc2ccccc23)cc1. The van der Waals surface area contributed by atoms with E-state index in [9.17, 15) is 0 Å². The maximum absolute atomic E-state index is 6.74. The second-order valence-electron chi connectivity index (χ2n) is 22.2. The minimum atomic E-state index is -1.54. The van der Waals surface area contributed by atoms with Gasteiger partial charge in [0, 0.05) is 87.4 Å². The van der Waals surface area contributed by atoms with Gasteiger partial charge in [-0.05, 0) is 104 Å². The number of furan rings is 2. The lowest BCUT2D eigenvalue weighted by Gasteiger charge is -2.27. The maximum Gasteiger partial charge on any atom is 0.159 e. The van der Waals surface area contributed by atoms with Gasteiger partial charge in [-0.25, -0.2) is 0 Å². The lowest BCUT2D eigenvalue weighted by Crippen LogP contribution is -2.37. The van der Waals surface area contributed by atoms with Crippen molar-refractivity contribution in [2.75, 3.05) is 9.80 Å². The number of hydrogen-bond donors (Lipinski definition) is 0. The lowest BCUT2D eigenvalue weighted by atomic mass is 10.0. The highest BCUT2D eigenvalue weighted by Gasteiger charge is 2.27. The van der Waals surface area contributed by atoms with Crippen molar-refractivity contribution >= 4 is 167 Å². The number of benzene rings is 11. The van der Waals surface area contributed by atoms with Crippen LogP contribution in [-0.4, -0.2) is 16.9 Å². The van der Waals surface area contributed by atoms with Crippen molar-refractivity contribution in [2.45, 2.75) is 26.6 Å². The van der Waals surface area contributed by atoms with E-state index in [4.69, 9.17) is 8.83 Å².